The van der Waals surface area contributed by atoms with E-state index in [2.05, 4.69) is 10.2 Å². The van der Waals surface area contributed by atoms with Gasteiger partial charge in [-0.05, 0) is 19.9 Å². The SMILES string of the molecule is CN=N/C=C(\C)CCN. The zero-order valence-corrected chi connectivity index (χ0v) is 5.96. The van der Waals surface area contributed by atoms with E-state index in [4.69, 9.17) is 5.73 Å². The van der Waals surface area contributed by atoms with E-state index in [9.17, 15) is 0 Å². The third-order valence-electron chi connectivity index (χ3n) is 0.932. The molecule has 0 unspecified atom stereocenters. The topological polar surface area (TPSA) is 50.7 Å². The largest absolute Gasteiger partial charge is 0.330 e. The van der Waals surface area contributed by atoms with Crippen molar-refractivity contribution in [3.8, 4) is 0 Å². The van der Waals surface area contributed by atoms with E-state index in [1.165, 1.54) is 5.57 Å². The van der Waals surface area contributed by atoms with Gasteiger partial charge in [0.1, 0.15) is 0 Å². The maximum atomic E-state index is 5.29. The average molecular weight is 127 g/mol. The van der Waals surface area contributed by atoms with Crippen molar-refractivity contribution in [1.82, 2.24) is 0 Å². The van der Waals surface area contributed by atoms with Gasteiger partial charge in [0.2, 0.25) is 0 Å². The Morgan fingerprint density at radius 1 is 1.67 bits per heavy atom. The first kappa shape index (κ1) is 8.30. The molecular weight excluding hydrogens is 114 g/mol. The zero-order valence-electron chi connectivity index (χ0n) is 5.96. The summed E-state index contributed by atoms with van der Waals surface area (Å²) in [5.74, 6) is 0. The Labute approximate surface area is 55.7 Å². The number of hydrogen-bond acceptors (Lipinski definition) is 3. The van der Waals surface area contributed by atoms with Gasteiger partial charge in [-0.3, -0.25) is 0 Å². The van der Waals surface area contributed by atoms with E-state index in [1.54, 1.807) is 13.2 Å². The first-order chi connectivity index (χ1) is 4.31. The molecule has 0 aromatic rings. The minimum absolute atomic E-state index is 0.682. The molecule has 0 aromatic carbocycles. The summed E-state index contributed by atoms with van der Waals surface area (Å²) in [7, 11) is 1.65. The van der Waals surface area contributed by atoms with Crippen molar-refractivity contribution in [2.24, 2.45) is 16.0 Å². The van der Waals surface area contributed by atoms with Gasteiger partial charge in [-0.15, -0.1) is 0 Å². The molecule has 0 saturated heterocycles. The Morgan fingerprint density at radius 2 is 2.33 bits per heavy atom. The first-order valence-corrected chi connectivity index (χ1v) is 2.96. The Balaban J connectivity index is 3.55. The summed E-state index contributed by atoms with van der Waals surface area (Å²) in [5, 5.41) is 7.26. The van der Waals surface area contributed by atoms with Crippen molar-refractivity contribution in [2.45, 2.75) is 13.3 Å². The highest BCUT2D eigenvalue weighted by Crippen LogP contribution is 1.96. The van der Waals surface area contributed by atoms with Crippen LogP contribution in [-0.4, -0.2) is 13.6 Å². The predicted octanol–water partition coefficient (Wildman–Crippen LogP) is 1.32. The third-order valence-corrected chi connectivity index (χ3v) is 0.932. The molecule has 0 aromatic heterocycles. The van der Waals surface area contributed by atoms with Crippen LogP contribution in [0.5, 0.6) is 0 Å². The van der Waals surface area contributed by atoms with E-state index in [0.717, 1.165) is 6.42 Å². The molecule has 0 heterocycles. The van der Waals surface area contributed by atoms with Gasteiger partial charge in [0.25, 0.3) is 0 Å². The first-order valence-electron chi connectivity index (χ1n) is 2.96. The van der Waals surface area contributed by atoms with Crippen molar-refractivity contribution in [3.05, 3.63) is 11.8 Å². The number of rotatable bonds is 3. The highest BCUT2D eigenvalue weighted by molar-refractivity contribution is 4.95. The summed E-state index contributed by atoms with van der Waals surface area (Å²) in [4.78, 5) is 0. The van der Waals surface area contributed by atoms with E-state index in [0.29, 0.717) is 6.54 Å². The predicted molar refractivity (Wildman–Crippen MR) is 38.2 cm³/mol. The molecule has 0 bridgehead atoms. The smallest absolute Gasteiger partial charge is 0.0491 e. The molecule has 0 rings (SSSR count). The lowest BCUT2D eigenvalue weighted by molar-refractivity contribution is 0.939. The Kier molecular flexibility index (Phi) is 5.01. The van der Waals surface area contributed by atoms with Crippen molar-refractivity contribution in [3.63, 3.8) is 0 Å². The van der Waals surface area contributed by atoms with E-state index >= 15 is 0 Å². The van der Waals surface area contributed by atoms with E-state index in [1.807, 2.05) is 6.92 Å². The lowest BCUT2D eigenvalue weighted by Crippen LogP contribution is -1.97. The zero-order chi connectivity index (χ0) is 7.11. The minimum Gasteiger partial charge on any atom is -0.330 e. The highest BCUT2D eigenvalue weighted by Gasteiger charge is 1.82. The molecule has 52 valence electrons. The number of nitrogens with zero attached hydrogens (tertiary/aromatic N) is 2. The normalized spacial score (nSPS) is 13.0. The second-order valence-electron chi connectivity index (χ2n) is 1.83. The lowest BCUT2D eigenvalue weighted by Gasteiger charge is -1.91. The van der Waals surface area contributed by atoms with Crippen LogP contribution in [0.2, 0.25) is 0 Å². The van der Waals surface area contributed by atoms with Crippen LogP contribution in [0.1, 0.15) is 13.3 Å². The Hall–Kier alpha value is -0.700. The molecule has 3 nitrogen and oxygen atoms in total. The molecule has 0 atom stereocenters. The molecule has 0 radical (unpaired) electrons. The summed E-state index contributed by atoms with van der Waals surface area (Å²) >= 11 is 0. The fourth-order valence-corrected chi connectivity index (χ4v) is 0.449. The average Bonchev–Trinajstić information content (AvgIpc) is 1.85. The molecule has 0 aliphatic carbocycles. The van der Waals surface area contributed by atoms with Gasteiger partial charge in [0.15, 0.2) is 0 Å². The molecule has 0 aliphatic rings. The standard InChI is InChI=1S/C6H13N3/c1-6(3-4-7)5-9-8-2/h5H,3-4,7H2,1-2H3/b6-5+,9-8?. The van der Waals surface area contributed by atoms with Crippen LogP contribution in [0.15, 0.2) is 22.0 Å². The molecule has 0 fully saturated rings. The van der Waals surface area contributed by atoms with Crippen LogP contribution in [0, 0.1) is 0 Å². The van der Waals surface area contributed by atoms with Gasteiger partial charge < -0.3 is 5.73 Å². The fraction of sp³-hybridized carbons (Fsp3) is 0.667. The number of hydrogen-bond donors (Lipinski definition) is 1. The molecule has 0 amide bonds. The van der Waals surface area contributed by atoms with Gasteiger partial charge >= 0.3 is 0 Å². The summed E-state index contributed by atoms with van der Waals surface area (Å²) < 4.78 is 0. The van der Waals surface area contributed by atoms with Crippen molar-refractivity contribution >= 4 is 0 Å². The molecule has 3 heteroatoms. The molecule has 0 aliphatic heterocycles. The van der Waals surface area contributed by atoms with Crippen molar-refractivity contribution < 1.29 is 0 Å². The van der Waals surface area contributed by atoms with Crippen LogP contribution in [-0.2, 0) is 0 Å². The van der Waals surface area contributed by atoms with Gasteiger partial charge in [-0.2, -0.15) is 10.2 Å². The Morgan fingerprint density at radius 3 is 2.78 bits per heavy atom. The van der Waals surface area contributed by atoms with Crippen LogP contribution < -0.4 is 5.73 Å². The third kappa shape index (κ3) is 5.17. The summed E-state index contributed by atoms with van der Waals surface area (Å²) in [6.45, 7) is 2.67. The summed E-state index contributed by atoms with van der Waals surface area (Å²) in [5.41, 5.74) is 6.46. The molecule has 9 heavy (non-hydrogen) atoms. The minimum atomic E-state index is 0.682. The van der Waals surface area contributed by atoms with Gasteiger partial charge in [0, 0.05) is 13.2 Å². The molecular formula is C6H13N3. The van der Waals surface area contributed by atoms with Crippen LogP contribution in [0.3, 0.4) is 0 Å². The second-order valence-corrected chi connectivity index (χ2v) is 1.83. The van der Waals surface area contributed by atoms with Gasteiger partial charge in [-0.25, -0.2) is 0 Å². The van der Waals surface area contributed by atoms with E-state index < -0.39 is 0 Å². The lowest BCUT2D eigenvalue weighted by atomic mass is 10.2. The fourth-order valence-electron chi connectivity index (χ4n) is 0.449. The van der Waals surface area contributed by atoms with Gasteiger partial charge in [-0.1, -0.05) is 5.57 Å². The number of azo groups is 1. The maximum Gasteiger partial charge on any atom is 0.0491 e. The monoisotopic (exact) mass is 127 g/mol. The summed E-state index contributed by atoms with van der Waals surface area (Å²) in [6, 6.07) is 0. The molecule has 0 spiro atoms. The number of nitrogens with two attached hydrogens (primary N) is 1. The van der Waals surface area contributed by atoms with Crippen LogP contribution >= 0.6 is 0 Å². The summed E-state index contributed by atoms with van der Waals surface area (Å²) in [6.07, 6.45) is 2.63. The Bertz CT molecular complexity index is 115. The highest BCUT2D eigenvalue weighted by atomic mass is 15.1. The maximum absolute atomic E-state index is 5.29. The van der Waals surface area contributed by atoms with Gasteiger partial charge in [0.05, 0.1) is 0 Å². The second kappa shape index (κ2) is 5.44. The van der Waals surface area contributed by atoms with E-state index in [-0.39, 0.29) is 0 Å². The van der Waals surface area contributed by atoms with Crippen molar-refractivity contribution in [2.75, 3.05) is 13.6 Å². The molecule has 2 N–H and O–H groups in total. The molecule has 0 saturated carbocycles. The quantitative estimate of drug-likeness (QED) is 0.571. The van der Waals surface area contributed by atoms with Crippen LogP contribution in [0.25, 0.3) is 0 Å². The van der Waals surface area contributed by atoms with Crippen molar-refractivity contribution in [1.29, 1.82) is 0 Å². The van der Waals surface area contributed by atoms with Crippen LogP contribution in [0.4, 0.5) is 0 Å².